The van der Waals surface area contributed by atoms with Gasteiger partial charge in [-0.15, -0.1) is 0 Å². The average molecular weight is 298 g/mol. The van der Waals surface area contributed by atoms with Crippen LogP contribution in [0.2, 0.25) is 0 Å². The summed E-state index contributed by atoms with van der Waals surface area (Å²) in [5, 5.41) is 3.27. The van der Waals surface area contributed by atoms with Gasteiger partial charge >= 0.3 is 0 Å². The fourth-order valence-electron chi connectivity index (χ4n) is 2.29. The van der Waals surface area contributed by atoms with Gasteiger partial charge in [0, 0.05) is 25.4 Å². The molecule has 4 nitrogen and oxygen atoms in total. The highest BCUT2D eigenvalue weighted by molar-refractivity contribution is 7.90. The predicted molar refractivity (Wildman–Crippen MR) is 84.7 cm³/mol. The smallest absolute Gasteiger partial charge is 0.148 e. The minimum Gasteiger partial charge on any atom is -0.314 e. The highest BCUT2D eigenvalue weighted by atomic mass is 32.2. The molecule has 1 rings (SSSR count). The highest BCUT2D eigenvalue weighted by Crippen LogP contribution is 2.19. The van der Waals surface area contributed by atoms with Crippen molar-refractivity contribution in [3.05, 3.63) is 35.9 Å². The Morgan fingerprint density at radius 2 is 1.75 bits per heavy atom. The quantitative estimate of drug-likeness (QED) is 0.705. The molecule has 1 aromatic rings. The SMILES string of the molecule is CCN(CC)C(CNCCS(C)(=O)=O)c1ccccc1. The standard InChI is InChI=1S/C15H26N2O2S/c1-4-17(5-2)15(14-9-7-6-8-10-14)13-16-11-12-20(3,18)19/h6-10,15-16H,4-5,11-13H2,1-3H3. The first kappa shape index (κ1) is 17.1. The first-order valence-corrected chi connectivity index (χ1v) is 9.21. The molecule has 0 heterocycles. The van der Waals surface area contributed by atoms with Gasteiger partial charge in [0.05, 0.1) is 5.75 Å². The fraction of sp³-hybridized carbons (Fsp3) is 0.600. The number of hydrogen-bond donors (Lipinski definition) is 1. The molecule has 0 fully saturated rings. The molecule has 5 heteroatoms. The molecule has 0 bridgehead atoms. The molecular weight excluding hydrogens is 272 g/mol. The van der Waals surface area contributed by atoms with Crippen LogP contribution in [-0.2, 0) is 9.84 Å². The third-order valence-corrected chi connectivity index (χ3v) is 4.37. The molecule has 0 radical (unpaired) electrons. The molecule has 1 unspecified atom stereocenters. The maximum Gasteiger partial charge on any atom is 0.148 e. The Kier molecular flexibility index (Phi) is 7.19. The van der Waals surface area contributed by atoms with E-state index in [0.29, 0.717) is 6.54 Å². The van der Waals surface area contributed by atoms with Crippen molar-refractivity contribution in [2.45, 2.75) is 19.9 Å². The lowest BCUT2D eigenvalue weighted by Gasteiger charge is -2.30. The summed E-state index contributed by atoms with van der Waals surface area (Å²) in [6.45, 7) is 7.52. The zero-order valence-electron chi connectivity index (χ0n) is 12.7. The van der Waals surface area contributed by atoms with E-state index in [0.717, 1.165) is 19.6 Å². The minimum absolute atomic E-state index is 0.187. The van der Waals surface area contributed by atoms with Gasteiger partial charge in [0.15, 0.2) is 0 Å². The van der Waals surface area contributed by atoms with Gasteiger partial charge in [0.25, 0.3) is 0 Å². The van der Waals surface area contributed by atoms with Crippen molar-refractivity contribution in [1.29, 1.82) is 0 Å². The summed E-state index contributed by atoms with van der Waals surface area (Å²) in [6.07, 6.45) is 1.27. The van der Waals surface area contributed by atoms with E-state index < -0.39 is 9.84 Å². The summed E-state index contributed by atoms with van der Waals surface area (Å²) in [7, 11) is -2.89. The van der Waals surface area contributed by atoms with E-state index in [2.05, 4.69) is 36.2 Å². The third kappa shape index (κ3) is 6.03. The van der Waals surface area contributed by atoms with Gasteiger partial charge in [-0.2, -0.15) is 0 Å². The van der Waals surface area contributed by atoms with E-state index in [9.17, 15) is 8.42 Å². The Bertz CT molecular complexity index is 470. The van der Waals surface area contributed by atoms with Gasteiger partial charge in [-0.1, -0.05) is 44.2 Å². The van der Waals surface area contributed by atoms with Crippen LogP contribution >= 0.6 is 0 Å². The second-order valence-corrected chi connectivity index (χ2v) is 7.24. The van der Waals surface area contributed by atoms with E-state index in [-0.39, 0.29) is 11.8 Å². The first-order valence-electron chi connectivity index (χ1n) is 7.15. The normalized spacial score (nSPS) is 13.6. The van der Waals surface area contributed by atoms with Gasteiger partial charge in [-0.05, 0) is 18.7 Å². The van der Waals surface area contributed by atoms with Crippen LogP contribution in [0.5, 0.6) is 0 Å². The van der Waals surface area contributed by atoms with Crippen molar-refractivity contribution in [1.82, 2.24) is 10.2 Å². The third-order valence-electron chi connectivity index (χ3n) is 3.42. The summed E-state index contributed by atoms with van der Waals surface area (Å²) >= 11 is 0. The van der Waals surface area contributed by atoms with Crippen molar-refractivity contribution in [2.24, 2.45) is 0 Å². The van der Waals surface area contributed by atoms with E-state index in [1.807, 2.05) is 18.2 Å². The Balaban J connectivity index is 2.65. The van der Waals surface area contributed by atoms with E-state index >= 15 is 0 Å². The number of sulfone groups is 1. The Morgan fingerprint density at radius 1 is 1.15 bits per heavy atom. The molecule has 0 aliphatic rings. The maximum absolute atomic E-state index is 11.1. The van der Waals surface area contributed by atoms with E-state index in [1.54, 1.807) is 0 Å². The maximum atomic E-state index is 11.1. The molecule has 0 aliphatic heterocycles. The summed E-state index contributed by atoms with van der Waals surface area (Å²) in [4.78, 5) is 2.38. The second kappa shape index (κ2) is 8.39. The van der Waals surface area contributed by atoms with Gasteiger partial charge in [0.2, 0.25) is 0 Å². The molecule has 0 saturated carbocycles. The van der Waals surface area contributed by atoms with E-state index in [4.69, 9.17) is 0 Å². The molecule has 114 valence electrons. The minimum atomic E-state index is -2.89. The topological polar surface area (TPSA) is 49.4 Å². The summed E-state index contributed by atoms with van der Waals surface area (Å²) < 4.78 is 22.3. The van der Waals surface area contributed by atoms with Gasteiger partial charge in [0.1, 0.15) is 9.84 Å². The predicted octanol–water partition coefficient (Wildman–Crippen LogP) is 1.70. The second-order valence-electron chi connectivity index (χ2n) is 4.98. The molecule has 0 aliphatic carbocycles. The number of benzene rings is 1. The molecule has 1 atom stereocenters. The van der Waals surface area contributed by atoms with Crippen LogP contribution < -0.4 is 5.32 Å². The summed E-state index contributed by atoms with van der Waals surface area (Å²) in [5.74, 6) is 0.187. The Morgan fingerprint density at radius 3 is 2.25 bits per heavy atom. The van der Waals surface area contributed by atoms with E-state index in [1.165, 1.54) is 11.8 Å². The fourth-order valence-corrected chi connectivity index (χ4v) is 2.81. The summed E-state index contributed by atoms with van der Waals surface area (Å²) in [6, 6.07) is 10.6. The first-order chi connectivity index (χ1) is 9.48. The number of likely N-dealkylation sites (N-methyl/N-ethyl adjacent to an activating group) is 1. The van der Waals surface area contributed by atoms with Crippen molar-refractivity contribution in [3.63, 3.8) is 0 Å². The number of hydrogen-bond acceptors (Lipinski definition) is 4. The van der Waals surface area contributed by atoms with Crippen LogP contribution in [-0.4, -0.2) is 51.5 Å². The lowest BCUT2D eigenvalue weighted by Crippen LogP contribution is -2.37. The Labute approximate surface area is 123 Å². The molecule has 0 spiro atoms. The van der Waals surface area contributed by atoms with Crippen LogP contribution in [0.4, 0.5) is 0 Å². The molecule has 0 amide bonds. The van der Waals surface area contributed by atoms with Crippen molar-refractivity contribution < 1.29 is 8.42 Å². The number of nitrogens with one attached hydrogen (secondary N) is 1. The monoisotopic (exact) mass is 298 g/mol. The van der Waals surface area contributed by atoms with Gasteiger partial charge in [-0.25, -0.2) is 8.42 Å². The Hall–Kier alpha value is -0.910. The van der Waals surface area contributed by atoms with Crippen molar-refractivity contribution >= 4 is 9.84 Å². The number of nitrogens with zero attached hydrogens (tertiary/aromatic N) is 1. The van der Waals surface area contributed by atoms with Gasteiger partial charge < -0.3 is 5.32 Å². The average Bonchev–Trinajstić information content (AvgIpc) is 2.42. The van der Waals surface area contributed by atoms with Crippen molar-refractivity contribution in [3.8, 4) is 0 Å². The lowest BCUT2D eigenvalue weighted by atomic mass is 10.1. The molecule has 20 heavy (non-hydrogen) atoms. The molecule has 0 saturated heterocycles. The highest BCUT2D eigenvalue weighted by Gasteiger charge is 2.17. The zero-order valence-corrected chi connectivity index (χ0v) is 13.5. The van der Waals surface area contributed by atoms with Crippen LogP contribution in [0.25, 0.3) is 0 Å². The largest absolute Gasteiger partial charge is 0.314 e. The van der Waals surface area contributed by atoms with Gasteiger partial charge in [-0.3, -0.25) is 4.90 Å². The molecule has 1 aromatic carbocycles. The van der Waals surface area contributed by atoms with Crippen LogP contribution in [0, 0.1) is 0 Å². The molecule has 1 N–H and O–H groups in total. The van der Waals surface area contributed by atoms with Crippen LogP contribution in [0.3, 0.4) is 0 Å². The lowest BCUT2D eigenvalue weighted by molar-refractivity contribution is 0.214. The van der Waals surface area contributed by atoms with Crippen LogP contribution in [0.15, 0.2) is 30.3 Å². The molecular formula is C15H26N2O2S. The van der Waals surface area contributed by atoms with Crippen molar-refractivity contribution in [2.75, 3.05) is 38.2 Å². The number of rotatable bonds is 9. The summed E-state index contributed by atoms with van der Waals surface area (Å²) in [5.41, 5.74) is 1.27. The molecule has 0 aromatic heterocycles. The van der Waals surface area contributed by atoms with Crippen LogP contribution in [0.1, 0.15) is 25.5 Å². The zero-order chi connectivity index (χ0) is 15.0.